The summed E-state index contributed by atoms with van der Waals surface area (Å²) >= 11 is 7.76. The summed E-state index contributed by atoms with van der Waals surface area (Å²) < 4.78 is 4.55. The topological polar surface area (TPSA) is 64.1 Å². The predicted octanol–water partition coefficient (Wildman–Crippen LogP) is 4.98. The van der Waals surface area contributed by atoms with Gasteiger partial charge in [-0.25, -0.2) is 9.97 Å². The summed E-state index contributed by atoms with van der Waals surface area (Å²) in [5.74, 6) is 0.856. The molecule has 1 N–H and O–H groups in total. The van der Waals surface area contributed by atoms with Crippen LogP contribution in [0, 0.1) is 6.92 Å². The summed E-state index contributed by atoms with van der Waals surface area (Å²) in [6, 6.07) is 7.78. The number of aromatic nitrogens is 2. The minimum absolute atomic E-state index is 0.318. The summed E-state index contributed by atoms with van der Waals surface area (Å²) in [6.45, 7) is 10.8. The molecule has 0 aliphatic rings. The second kappa shape index (κ2) is 10.3. The Morgan fingerprint density at radius 2 is 1.96 bits per heavy atom. The number of nitrogens with zero attached hydrogens (tertiary/aromatic N) is 2. The predicted molar refractivity (Wildman–Crippen MR) is 103 cm³/mol. The molecule has 136 valence electrons. The minimum atomic E-state index is -0.318. The van der Waals surface area contributed by atoms with Crippen LogP contribution in [0.25, 0.3) is 0 Å². The molecule has 1 aromatic heterocycles. The van der Waals surface area contributed by atoms with Crippen LogP contribution in [0.1, 0.15) is 33.4 Å². The van der Waals surface area contributed by atoms with Gasteiger partial charge < -0.3 is 10.1 Å². The Hall–Kier alpha value is -1.79. The Labute approximate surface area is 158 Å². The number of anilines is 1. The lowest BCUT2D eigenvalue weighted by atomic mass is 10.2. The monoisotopic (exact) mass is 381 g/mol. The number of hydrogen-bond donors (Lipinski definition) is 1. The van der Waals surface area contributed by atoms with Gasteiger partial charge in [0.2, 0.25) is 0 Å². The molecule has 0 bridgehead atoms. The lowest BCUT2D eigenvalue weighted by molar-refractivity contribution is -0.138. The second-order valence-corrected chi connectivity index (χ2v) is 7.49. The minimum Gasteiger partial charge on any atom is -0.462 e. The third-order valence-electron chi connectivity index (χ3n) is 2.78. The smallest absolute Gasteiger partial charge is 0.293 e. The van der Waals surface area contributed by atoms with Gasteiger partial charge in [-0.3, -0.25) is 4.79 Å². The highest BCUT2D eigenvalue weighted by Gasteiger charge is 2.11. The standard InChI is InChI=1S/C13H14ClN3S.C5H10O2/c1-3-15-13-12(9(2)16-8-17-13)18-11-7-5-4-6-10(11)14;1-5(2,3)7-4-6/h4-8H,3H2,1-2H3,(H,15,16,17);4H,1-3H3. The number of ether oxygens (including phenoxy) is 1. The summed E-state index contributed by atoms with van der Waals surface area (Å²) in [7, 11) is 0. The van der Waals surface area contributed by atoms with E-state index in [1.807, 2.05) is 58.9 Å². The molecule has 0 atom stereocenters. The first-order valence-electron chi connectivity index (χ1n) is 7.87. The maximum atomic E-state index is 9.60. The number of rotatable bonds is 5. The van der Waals surface area contributed by atoms with E-state index in [9.17, 15) is 4.79 Å². The molecular formula is C18H24ClN3O2S. The molecule has 0 amide bonds. The average Bonchev–Trinajstić information content (AvgIpc) is 2.52. The van der Waals surface area contributed by atoms with E-state index in [0.717, 1.165) is 32.9 Å². The lowest BCUT2D eigenvalue weighted by Gasteiger charge is -2.14. The summed E-state index contributed by atoms with van der Waals surface area (Å²) in [5.41, 5.74) is 0.632. The van der Waals surface area contributed by atoms with Crippen LogP contribution in [-0.2, 0) is 9.53 Å². The molecule has 5 nitrogen and oxygen atoms in total. The van der Waals surface area contributed by atoms with Crippen molar-refractivity contribution in [1.29, 1.82) is 0 Å². The van der Waals surface area contributed by atoms with Gasteiger partial charge in [0, 0.05) is 11.4 Å². The van der Waals surface area contributed by atoms with E-state index in [1.54, 1.807) is 18.1 Å². The summed E-state index contributed by atoms with van der Waals surface area (Å²) in [4.78, 5) is 20.1. The first-order chi connectivity index (χ1) is 11.8. The van der Waals surface area contributed by atoms with Gasteiger partial charge in [0.25, 0.3) is 6.47 Å². The molecule has 1 aromatic carbocycles. The maximum absolute atomic E-state index is 9.60. The first kappa shape index (κ1) is 21.3. The number of hydrogen-bond acceptors (Lipinski definition) is 6. The quantitative estimate of drug-likeness (QED) is 0.737. The number of nitrogens with one attached hydrogen (secondary N) is 1. The number of carbonyl (C=O) groups excluding carboxylic acids is 1. The van der Waals surface area contributed by atoms with Gasteiger partial charge >= 0.3 is 0 Å². The van der Waals surface area contributed by atoms with Crippen molar-refractivity contribution >= 4 is 35.7 Å². The Balaban J connectivity index is 0.000000381. The maximum Gasteiger partial charge on any atom is 0.293 e. The number of benzene rings is 1. The van der Waals surface area contributed by atoms with Gasteiger partial charge in [0.15, 0.2) is 0 Å². The van der Waals surface area contributed by atoms with Crippen molar-refractivity contribution in [3.63, 3.8) is 0 Å². The molecule has 2 rings (SSSR count). The van der Waals surface area contributed by atoms with Crippen LogP contribution >= 0.6 is 23.4 Å². The molecule has 0 spiro atoms. The molecule has 7 heteroatoms. The Morgan fingerprint density at radius 1 is 1.28 bits per heavy atom. The van der Waals surface area contributed by atoms with Crippen molar-refractivity contribution in [2.24, 2.45) is 0 Å². The van der Waals surface area contributed by atoms with Crippen molar-refractivity contribution < 1.29 is 9.53 Å². The zero-order valence-corrected chi connectivity index (χ0v) is 16.7. The van der Waals surface area contributed by atoms with Crippen LogP contribution < -0.4 is 5.32 Å². The van der Waals surface area contributed by atoms with Crippen LogP contribution in [0.2, 0.25) is 5.02 Å². The van der Waals surface area contributed by atoms with Crippen molar-refractivity contribution in [2.45, 2.75) is 50.0 Å². The van der Waals surface area contributed by atoms with Crippen LogP contribution in [-0.4, -0.2) is 28.6 Å². The van der Waals surface area contributed by atoms with Gasteiger partial charge in [0.1, 0.15) is 17.7 Å². The third-order valence-corrected chi connectivity index (χ3v) is 4.49. The van der Waals surface area contributed by atoms with E-state index in [2.05, 4.69) is 20.0 Å². The molecule has 0 unspecified atom stereocenters. The first-order valence-corrected chi connectivity index (χ1v) is 9.07. The molecule has 0 aliphatic heterocycles. The van der Waals surface area contributed by atoms with E-state index in [1.165, 1.54) is 0 Å². The van der Waals surface area contributed by atoms with Gasteiger partial charge in [-0.15, -0.1) is 0 Å². The lowest BCUT2D eigenvalue weighted by Crippen LogP contribution is -2.17. The molecule has 0 saturated heterocycles. The summed E-state index contributed by atoms with van der Waals surface area (Å²) in [5, 5.41) is 3.99. The summed E-state index contributed by atoms with van der Waals surface area (Å²) in [6.07, 6.45) is 1.57. The molecular weight excluding hydrogens is 358 g/mol. The Bertz CT molecular complexity index is 690. The SMILES string of the molecule is CC(C)(C)OC=O.CCNc1ncnc(C)c1Sc1ccccc1Cl. The number of carbonyl (C=O) groups is 1. The van der Waals surface area contributed by atoms with Gasteiger partial charge in [-0.1, -0.05) is 35.5 Å². The van der Waals surface area contributed by atoms with E-state index in [0.29, 0.717) is 6.47 Å². The van der Waals surface area contributed by atoms with Gasteiger partial charge in [-0.2, -0.15) is 0 Å². The fraction of sp³-hybridized carbons (Fsp3) is 0.389. The molecule has 0 saturated carbocycles. The number of halogens is 1. The fourth-order valence-electron chi connectivity index (χ4n) is 1.66. The van der Waals surface area contributed by atoms with Crippen molar-refractivity contribution in [2.75, 3.05) is 11.9 Å². The van der Waals surface area contributed by atoms with Gasteiger partial charge in [-0.05, 0) is 46.8 Å². The van der Waals surface area contributed by atoms with Crippen LogP contribution in [0.15, 0.2) is 40.4 Å². The highest BCUT2D eigenvalue weighted by molar-refractivity contribution is 7.99. The number of aryl methyl sites for hydroxylation is 1. The van der Waals surface area contributed by atoms with E-state index >= 15 is 0 Å². The van der Waals surface area contributed by atoms with E-state index in [4.69, 9.17) is 11.6 Å². The zero-order valence-electron chi connectivity index (χ0n) is 15.2. The van der Waals surface area contributed by atoms with Crippen molar-refractivity contribution in [3.8, 4) is 0 Å². The molecule has 25 heavy (non-hydrogen) atoms. The third kappa shape index (κ3) is 7.75. The zero-order chi connectivity index (χ0) is 18.9. The Kier molecular flexibility index (Phi) is 8.72. The van der Waals surface area contributed by atoms with E-state index in [-0.39, 0.29) is 5.60 Å². The molecule has 1 heterocycles. The van der Waals surface area contributed by atoms with E-state index < -0.39 is 0 Å². The Morgan fingerprint density at radius 3 is 2.48 bits per heavy atom. The van der Waals surface area contributed by atoms with Crippen LogP contribution in [0.4, 0.5) is 5.82 Å². The van der Waals surface area contributed by atoms with Crippen molar-refractivity contribution in [1.82, 2.24) is 9.97 Å². The van der Waals surface area contributed by atoms with Crippen molar-refractivity contribution in [3.05, 3.63) is 41.3 Å². The van der Waals surface area contributed by atoms with Crippen LogP contribution in [0.3, 0.4) is 0 Å². The largest absolute Gasteiger partial charge is 0.462 e. The van der Waals surface area contributed by atoms with Gasteiger partial charge in [0.05, 0.1) is 15.6 Å². The molecule has 0 fully saturated rings. The molecule has 2 aromatic rings. The second-order valence-electron chi connectivity index (χ2n) is 6.03. The fourth-order valence-corrected chi connectivity index (χ4v) is 2.86. The van der Waals surface area contributed by atoms with Crippen LogP contribution in [0.5, 0.6) is 0 Å². The molecule has 0 aliphatic carbocycles. The average molecular weight is 382 g/mol. The highest BCUT2D eigenvalue weighted by Crippen LogP contribution is 2.37. The highest BCUT2D eigenvalue weighted by atomic mass is 35.5. The molecule has 0 radical (unpaired) electrons. The normalized spacial score (nSPS) is 10.5.